The van der Waals surface area contributed by atoms with Gasteiger partial charge in [0, 0.05) is 91.5 Å². The van der Waals surface area contributed by atoms with Crippen LogP contribution >= 0.6 is 0 Å². The standard InChI is InChI=1S/C30H47F2N5O4/c31-30(32)7-13-35(14-8-30)22-26(27(38)36-15-19-41-20-16-36)25-1-9-37(10-2-25)28(39)29(23-33)5-11-34(12-6-29)21-24-3-17-40-18-4-24/h24-26H,1-22H2/t26-/m0/s1. The van der Waals surface area contributed by atoms with E-state index in [0.717, 1.165) is 45.7 Å². The summed E-state index contributed by atoms with van der Waals surface area (Å²) in [6.07, 6.45) is 4.32. The first kappa shape index (κ1) is 30.6. The SMILES string of the molecule is N#CC1(C(=O)N2CCC([C@H](CN3CCC(F)(F)CC3)C(=O)N3CCOCC3)CC2)CCN(CC2CCOCC2)CC1. The number of amides is 2. The molecule has 1 atom stereocenters. The molecule has 0 aliphatic carbocycles. The number of ether oxygens (including phenoxy) is 2. The third-order valence-electron chi connectivity index (χ3n) is 10.3. The molecule has 0 aromatic heterocycles. The maximum absolute atomic E-state index is 13.8. The molecule has 0 spiro atoms. The number of hydrogen-bond acceptors (Lipinski definition) is 7. The molecule has 5 rings (SSSR count). The lowest BCUT2D eigenvalue weighted by atomic mass is 9.76. The highest BCUT2D eigenvalue weighted by molar-refractivity contribution is 5.86. The molecule has 2 amide bonds. The van der Waals surface area contributed by atoms with Crippen LogP contribution in [0.25, 0.3) is 0 Å². The first-order chi connectivity index (χ1) is 19.8. The highest BCUT2D eigenvalue weighted by Crippen LogP contribution is 2.37. The van der Waals surface area contributed by atoms with Crippen LogP contribution in [0.5, 0.6) is 0 Å². The summed E-state index contributed by atoms with van der Waals surface area (Å²) in [5.74, 6) is -2.17. The zero-order valence-corrected chi connectivity index (χ0v) is 24.4. The van der Waals surface area contributed by atoms with Gasteiger partial charge < -0.3 is 29.1 Å². The summed E-state index contributed by atoms with van der Waals surface area (Å²) < 4.78 is 38.5. The summed E-state index contributed by atoms with van der Waals surface area (Å²) in [7, 11) is 0. The van der Waals surface area contributed by atoms with E-state index in [0.29, 0.717) is 90.6 Å². The first-order valence-electron chi connectivity index (χ1n) is 15.8. The van der Waals surface area contributed by atoms with Crippen molar-refractivity contribution in [3.8, 4) is 6.07 Å². The highest BCUT2D eigenvalue weighted by atomic mass is 19.3. The zero-order valence-electron chi connectivity index (χ0n) is 24.4. The molecule has 5 fully saturated rings. The number of hydrogen-bond donors (Lipinski definition) is 0. The van der Waals surface area contributed by atoms with E-state index < -0.39 is 11.3 Å². The Kier molecular flexibility index (Phi) is 10.2. The molecule has 0 radical (unpaired) electrons. The molecule has 5 aliphatic heterocycles. The number of nitrogens with zero attached hydrogens (tertiary/aromatic N) is 5. The molecule has 0 saturated carbocycles. The van der Waals surface area contributed by atoms with Gasteiger partial charge in [-0.3, -0.25) is 9.59 Å². The van der Waals surface area contributed by atoms with E-state index >= 15 is 0 Å². The van der Waals surface area contributed by atoms with Crippen molar-refractivity contribution >= 4 is 11.8 Å². The fourth-order valence-electron chi connectivity index (χ4n) is 7.38. The Hall–Kier alpha value is -1.87. The minimum atomic E-state index is -2.62. The number of likely N-dealkylation sites (tertiary alicyclic amines) is 3. The minimum Gasteiger partial charge on any atom is -0.381 e. The molecular formula is C30H47F2N5O4. The van der Waals surface area contributed by atoms with Crippen LogP contribution in [0.3, 0.4) is 0 Å². The van der Waals surface area contributed by atoms with Gasteiger partial charge in [0.2, 0.25) is 11.8 Å². The second-order valence-corrected chi connectivity index (χ2v) is 12.9. The molecule has 5 heterocycles. The van der Waals surface area contributed by atoms with Gasteiger partial charge in [-0.15, -0.1) is 0 Å². The van der Waals surface area contributed by atoms with Crippen molar-refractivity contribution in [3.63, 3.8) is 0 Å². The number of carbonyl (C=O) groups excluding carboxylic acids is 2. The van der Waals surface area contributed by atoms with Gasteiger partial charge in [0.15, 0.2) is 0 Å². The average Bonchev–Trinajstić information content (AvgIpc) is 3.01. The summed E-state index contributed by atoms with van der Waals surface area (Å²) >= 11 is 0. The topological polar surface area (TPSA) is 89.3 Å². The van der Waals surface area contributed by atoms with E-state index in [-0.39, 0.29) is 36.5 Å². The van der Waals surface area contributed by atoms with Crippen molar-refractivity contribution in [2.75, 3.05) is 91.9 Å². The minimum absolute atomic E-state index is 0.0570. The van der Waals surface area contributed by atoms with Crippen LogP contribution < -0.4 is 0 Å². The average molecular weight is 580 g/mol. The zero-order chi connectivity index (χ0) is 28.9. The van der Waals surface area contributed by atoms with Crippen molar-refractivity contribution < 1.29 is 27.8 Å². The Morgan fingerprint density at radius 1 is 0.780 bits per heavy atom. The fourth-order valence-corrected chi connectivity index (χ4v) is 7.38. The number of carbonyl (C=O) groups is 2. The Morgan fingerprint density at radius 3 is 1.98 bits per heavy atom. The maximum Gasteiger partial charge on any atom is 0.250 e. The number of piperidine rings is 3. The van der Waals surface area contributed by atoms with Crippen molar-refractivity contribution in [1.82, 2.24) is 19.6 Å². The molecule has 0 aromatic carbocycles. The van der Waals surface area contributed by atoms with E-state index in [1.54, 1.807) is 0 Å². The van der Waals surface area contributed by atoms with Crippen LogP contribution in [0.15, 0.2) is 0 Å². The molecule has 0 bridgehead atoms. The third-order valence-corrected chi connectivity index (χ3v) is 10.3. The summed E-state index contributed by atoms with van der Waals surface area (Å²) in [6, 6.07) is 2.42. The van der Waals surface area contributed by atoms with Gasteiger partial charge in [-0.25, -0.2) is 8.78 Å². The lowest BCUT2D eigenvalue weighted by Crippen LogP contribution is -2.54. The Labute approximate surface area is 243 Å². The number of halogens is 2. The van der Waals surface area contributed by atoms with E-state index in [1.807, 2.05) is 14.7 Å². The van der Waals surface area contributed by atoms with Crippen LogP contribution in [-0.2, 0) is 19.1 Å². The van der Waals surface area contributed by atoms with Crippen LogP contribution in [0, 0.1) is 34.5 Å². The van der Waals surface area contributed by atoms with Crippen molar-refractivity contribution in [3.05, 3.63) is 0 Å². The molecule has 5 aliphatic rings. The summed E-state index contributed by atoms with van der Waals surface area (Å²) in [4.78, 5) is 35.6. The smallest absolute Gasteiger partial charge is 0.250 e. The van der Waals surface area contributed by atoms with Crippen molar-refractivity contribution in [2.45, 2.75) is 57.3 Å². The van der Waals surface area contributed by atoms with E-state index in [4.69, 9.17) is 9.47 Å². The van der Waals surface area contributed by atoms with Gasteiger partial charge >= 0.3 is 0 Å². The highest BCUT2D eigenvalue weighted by Gasteiger charge is 2.46. The van der Waals surface area contributed by atoms with Crippen molar-refractivity contribution in [1.29, 1.82) is 5.26 Å². The van der Waals surface area contributed by atoms with E-state index in [1.165, 1.54) is 0 Å². The fraction of sp³-hybridized carbons (Fsp3) is 0.900. The number of morpholine rings is 1. The van der Waals surface area contributed by atoms with Gasteiger partial charge in [0.25, 0.3) is 5.92 Å². The van der Waals surface area contributed by atoms with Gasteiger partial charge in [-0.1, -0.05) is 0 Å². The molecule has 41 heavy (non-hydrogen) atoms. The summed E-state index contributed by atoms with van der Waals surface area (Å²) in [6.45, 7) is 8.47. The van der Waals surface area contributed by atoms with E-state index in [2.05, 4.69) is 11.0 Å². The van der Waals surface area contributed by atoms with Gasteiger partial charge in [0.05, 0.1) is 25.2 Å². The van der Waals surface area contributed by atoms with Gasteiger partial charge in [-0.2, -0.15) is 5.26 Å². The largest absolute Gasteiger partial charge is 0.381 e. The summed E-state index contributed by atoms with van der Waals surface area (Å²) in [5.41, 5.74) is -0.971. The molecule has 9 nitrogen and oxygen atoms in total. The molecule has 11 heteroatoms. The van der Waals surface area contributed by atoms with Gasteiger partial charge in [0.1, 0.15) is 5.41 Å². The normalized spacial score (nSPS) is 27.7. The second kappa shape index (κ2) is 13.6. The quantitative estimate of drug-likeness (QED) is 0.458. The van der Waals surface area contributed by atoms with Crippen LogP contribution in [0.4, 0.5) is 8.78 Å². The predicted octanol–water partition coefficient (Wildman–Crippen LogP) is 2.46. The Balaban J connectivity index is 1.17. The molecule has 0 aromatic rings. The number of alkyl halides is 2. The molecular weight excluding hydrogens is 532 g/mol. The number of rotatable bonds is 7. The predicted molar refractivity (Wildman–Crippen MR) is 148 cm³/mol. The lowest BCUT2D eigenvalue weighted by molar-refractivity contribution is -0.146. The van der Waals surface area contributed by atoms with Crippen LogP contribution in [0.2, 0.25) is 0 Å². The number of nitriles is 1. The van der Waals surface area contributed by atoms with Crippen LogP contribution in [-0.4, -0.2) is 129 Å². The molecule has 0 N–H and O–H groups in total. The second-order valence-electron chi connectivity index (χ2n) is 12.9. The molecule has 5 saturated heterocycles. The van der Waals surface area contributed by atoms with Crippen LogP contribution in [0.1, 0.15) is 51.4 Å². The molecule has 0 unspecified atom stereocenters. The lowest BCUT2D eigenvalue weighted by Gasteiger charge is -2.44. The first-order valence-corrected chi connectivity index (χ1v) is 15.8. The van der Waals surface area contributed by atoms with E-state index in [9.17, 15) is 23.6 Å². The summed E-state index contributed by atoms with van der Waals surface area (Å²) in [5, 5.41) is 10.2. The monoisotopic (exact) mass is 579 g/mol. The molecule has 230 valence electrons. The Bertz CT molecular complexity index is 924. The van der Waals surface area contributed by atoms with Crippen molar-refractivity contribution in [2.24, 2.45) is 23.2 Å². The van der Waals surface area contributed by atoms with Gasteiger partial charge in [-0.05, 0) is 50.4 Å². The maximum atomic E-state index is 13.8. The third kappa shape index (κ3) is 7.56. The Morgan fingerprint density at radius 2 is 1.37 bits per heavy atom.